The van der Waals surface area contributed by atoms with Crippen molar-refractivity contribution >= 4 is 40.6 Å². The lowest BCUT2D eigenvalue weighted by Crippen LogP contribution is -2.29. The zero-order valence-electron chi connectivity index (χ0n) is 16.7. The molecule has 1 aliphatic rings. The standard InChI is InChI=1S/C23H15N3O6/c1-13(27)14-4-2-5-16(10-14)24-21(28)15-8-9-19-20(11-15)23(30)25(22(19)29)17-6-3-7-18(12-17)26(31)32/h2-12H,1H3,(H,24,28). The van der Waals surface area contributed by atoms with E-state index in [1.165, 1.54) is 49.4 Å². The molecule has 3 aromatic rings. The Bertz CT molecular complexity index is 1330. The van der Waals surface area contributed by atoms with Crippen LogP contribution in [-0.2, 0) is 0 Å². The number of fused-ring (bicyclic) bond motifs is 1. The Kier molecular flexibility index (Phi) is 5.07. The van der Waals surface area contributed by atoms with Crippen LogP contribution >= 0.6 is 0 Å². The molecule has 0 atom stereocenters. The van der Waals surface area contributed by atoms with Crippen LogP contribution in [0.5, 0.6) is 0 Å². The minimum Gasteiger partial charge on any atom is -0.322 e. The highest BCUT2D eigenvalue weighted by Crippen LogP contribution is 2.31. The first kappa shape index (κ1) is 20.6. The van der Waals surface area contributed by atoms with E-state index in [-0.39, 0.29) is 33.8 Å². The van der Waals surface area contributed by atoms with Crippen LogP contribution in [0.2, 0.25) is 0 Å². The average Bonchev–Trinajstić information content (AvgIpc) is 3.03. The number of carbonyl (C=O) groups is 4. The number of hydrogen-bond acceptors (Lipinski definition) is 6. The van der Waals surface area contributed by atoms with Gasteiger partial charge in [0.15, 0.2) is 5.78 Å². The van der Waals surface area contributed by atoms with E-state index in [2.05, 4.69) is 5.32 Å². The van der Waals surface area contributed by atoms with E-state index in [9.17, 15) is 29.3 Å². The van der Waals surface area contributed by atoms with E-state index in [0.717, 1.165) is 11.0 Å². The predicted molar refractivity (Wildman–Crippen MR) is 115 cm³/mol. The van der Waals surface area contributed by atoms with Crippen molar-refractivity contribution in [2.45, 2.75) is 6.92 Å². The lowest BCUT2D eigenvalue weighted by atomic mass is 10.0. The summed E-state index contributed by atoms with van der Waals surface area (Å²) in [4.78, 5) is 61.1. The van der Waals surface area contributed by atoms with E-state index in [1.54, 1.807) is 18.2 Å². The van der Waals surface area contributed by atoms with Crippen LogP contribution in [0.15, 0.2) is 66.7 Å². The number of anilines is 2. The molecule has 0 fully saturated rings. The van der Waals surface area contributed by atoms with Crippen LogP contribution in [0, 0.1) is 10.1 Å². The smallest absolute Gasteiger partial charge is 0.271 e. The fraction of sp³-hybridized carbons (Fsp3) is 0.0435. The van der Waals surface area contributed by atoms with Gasteiger partial charge in [-0.3, -0.25) is 29.3 Å². The summed E-state index contributed by atoms with van der Waals surface area (Å²) < 4.78 is 0. The first-order valence-corrected chi connectivity index (χ1v) is 9.46. The summed E-state index contributed by atoms with van der Waals surface area (Å²) in [5.74, 6) is -1.99. The number of nitro benzene ring substituents is 1. The number of Topliss-reactive ketones (excluding diaryl/α,β-unsaturated/α-hetero) is 1. The first-order valence-electron chi connectivity index (χ1n) is 9.46. The highest BCUT2D eigenvalue weighted by Gasteiger charge is 2.37. The molecule has 32 heavy (non-hydrogen) atoms. The number of nitrogens with zero attached hydrogens (tertiary/aromatic N) is 2. The Morgan fingerprint density at radius 3 is 2.31 bits per heavy atom. The Hall–Kier alpha value is -4.66. The molecule has 158 valence electrons. The largest absolute Gasteiger partial charge is 0.322 e. The zero-order chi connectivity index (χ0) is 23.0. The molecule has 9 heteroatoms. The molecule has 1 N–H and O–H groups in total. The van der Waals surface area contributed by atoms with Gasteiger partial charge in [0.2, 0.25) is 0 Å². The van der Waals surface area contributed by atoms with E-state index in [0.29, 0.717) is 11.3 Å². The number of nitro groups is 1. The van der Waals surface area contributed by atoms with Crippen LogP contribution < -0.4 is 10.2 Å². The van der Waals surface area contributed by atoms with Gasteiger partial charge in [-0.1, -0.05) is 18.2 Å². The maximum Gasteiger partial charge on any atom is 0.271 e. The van der Waals surface area contributed by atoms with E-state index in [1.807, 2.05) is 0 Å². The number of rotatable bonds is 5. The summed E-state index contributed by atoms with van der Waals surface area (Å²) in [5.41, 5.74) is 0.903. The predicted octanol–water partition coefficient (Wildman–Crippen LogP) is 3.85. The Balaban J connectivity index is 1.62. The molecule has 0 spiro atoms. The van der Waals surface area contributed by atoms with E-state index in [4.69, 9.17) is 0 Å². The van der Waals surface area contributed by atoms with Crippen molar-refractivity contribution in [2.24, 2.45) is 0 Å². The molecule has 0 bridgehead atoms. The summed E-state index contributed by atoms with van der Waals surface area (Å²) in [6, 6.07) is 15.7. The summed E-state index contributed by atoms with van der Waals surface area (Å²) in [5, 5.41) is 13.7. The number of benzene rings is 3. The van der Waals surface area contributed by atoms with Gasteiger partial charge in [0.05, 0.1) is 21.7 Å². The third kappa shape index (κ3) is 3.63. The topological polar surface area (TPSA) is 127 Å². The highest BCUT2D eigenvalue weighted by molar-refractivity contribution is 6.34. The SMILES string of the molecule is CC(=O)c1cccc(NC(=O)c2ccc3c(c2)C(=O)N(c2cccc([N+](=O)[O-])c2)C3=O)c1. The normalized spacial score (nSPS) is 12.5. The molecule has 0 aliphatic carbocycles. The lowest BCUT2D eigenvalue weighted by Gasteiger charge is -2.13. The molecule has 9 nitrogen and oxygen atoms in total. The van der Waals surface area contributed by atoms with Crippen LogP contribution in [0.3, 0.4) is 0 Å². The second kappa shape index (κ2) is 7.88. The van der Waals surface area contributed by atoms with Gasteiger partial charge in [-0.2, -0.15) is 0 Å². The van der Waals surface area contributed by atoms with Gasteiger partial charge in [0.25, 0.3) is 23.4 Å². The van der Waals surface area contributed by atoms with Crippen LogP contribution in [0.4, 0.5) is 17.1 Å². The third-order valence-electron chi connectivity index (χ3n) is 4.97. The Labute approximate surface area is 181 Å². The summed E-state index contributed by atoms with van der Waals surface area (Å²) in [6.45, 7) is 1.41. The lowest BCUT2D eigenvalue weighted by molar-refractivity contribution is -0.384. The van der Waals surface area contributed by atoms with Crippen molar-refractivity contribution in [3.05, 3.63) is 99.1 Å². The van der Waals surface area contributed by atoms with Crippen molar-refractivity contribution in [1.29, 1.82) is 0 Å². The second-order valence-corrected chi connectivity index (χ2v) is 7.07. The van der Waals surface area contributed by atoms with Crippen molar-refractivity contribution in [1.82, 2.24) is 0 Å². The molecule has 0 aromatic heterocycles. The van der Waals surface area contributed by atoms with Gasteiger partial charge in [-0.15, -0.1) is 0 Å². The maximum atomic E-state index is 12.9. The Morgan fingerprint density at radius 2 is 1.59 bits per heavy atom. The second-order valence-electron chi connectivity index (χ2n) is 7.07. The van der Waals surface area contributed by atoms with Crippen LogP contribution in [-0.4, -0.2) is 28.4 Å². The fourth-order valence-corrected chi connectivity index (χ4v) is 3.38. The Morgan fingerprint density at radius 1 is 0.875 bits per heavy atom. The van der Waals surface area contributed by atoms with Crippen LogP contribution in [0.1, 0.15) is 48.4 Å². The molecule has 3 aromatic carbocycles. The van der Waals surface area contributed by atoms with Gasteiger partial charge >= 0.3 is 0 Å². The number of carbonyl (C=O) groups excluding carboxylic acids is 4. The molecular formula is C23H15N3O6. The first-order chi connectivity index (χ1) is 15.3. The summed E-state index contributed by atoms with van der Waals surface area (Å²) in [6.07, 6.45) is 0. The molecular weight excluding hydrogens is 414 g/mol. The molecule has 0 radical (unpaired) electrons. The molecule has 1 heterocycles. The number of amides is 3. The van der Waals surface area contributed by atoms with Gasteiger partial charge in [-0.05, 0) is 43.3 Å². The van der Waals surface area contributed by atoms with Crippen molar-refractivity contribution in [2.75, 3.05) is 10.2 Å². The van der Waals surface area contributed by atoms with E-state index < -0.39 is 22.6 Å². The molecule has 0 unspecified atom stereocenters. The maximum absolute atomic E-state index is 12.9. The minimum absolute atomic E-state index is 0.0200. The van der Waals surface area contributed by atoms with Crippen molar-refractivity contribution in [3.63, 3.8) is 0 Å². The molecule has 1 aliphatic heterocycles. The van der Waals surface area contributed by atoms with Gasteiger partial charge in [-0.25, -0.2) is 4.90 Å². The third-order valence-corrected chi connectivity index (χ3v) is 4.97. The van der Waals surface area contributed by atoms with Gasteiger partial charge < -0.3 is 5.32 Å². The zero-order valence-corrected chi connectivity index (χ0v) is 16.7. The number of nitrogens with one attached hydrogen (secondary N) is 1. The van der Waals surface area contributed by atoms with Gasteiger partial charge in [0, 0.05) is 28.9 Å². The number of hydrogen-bond donors (Lipinski definition) is 1. The monoisotopic (exact) mass is 429 g/mol. The van der Waals surface area contributed by atoms with Crippen molar-refractivity contribution < 1.29 is 24.1 Å². The summed E-state index contributed by atoms with van der Waals surface area (Å²) >= 11 is 0. The number of non-ortho nitro benzene ring substituents is 1. The van der Waals surface area contributed by atoms with Gasteiger partial charge in [0.1, 0.15) is 0 Å². The number of imide groups is 1. The van der Waals surface area contributed by atoms with E-state index >= 15 is 0 Å². The molecule has 0 saturated carbocycles. The summed E-state index contributed by atoms with van der Waals surface area (Å²) in [7, 11) is 0. The number of ketones is 1. The van der Waals surface area contributed by atoms with Crippen LogP contribution in [0.25, 0.3) is 0 Å². The molecule has 4 rings (SSSR count). The minimum atomic E-state index is -0.682. The quantitative estimate of drug-likeness (QED) is 0.284. The molecule has 0 saturated heterocycles. The average molecular weight is 429 g/mol. The van der Waals surface area contributed by atoms with Crippen molar-refractivity contribution in [3.8, 4) is 0 Å². The highest BCUT2D eigenvalue weighted by atomic mass is 16.6. The fourth-order valence-electron chi connectivity index (χ4n) is 3.38. The molecule has 3 amide bonds.